The molecule has 0 bridgehead atoms. The van der Waals surface area contributed by atoms with E-state index in [-0.39, 0.29) is 12.5 Å². The number of amides is 1. The van der Waals surface area contributed by atoms with Crippen LogP contribution in [0, 0.1) is 0 Å². The number of likely N-dealkylation sites (N-methyl/N-ethyl adjacent to an activating group) is 2. The Morgan fingerprint density at radius 2 is 1.94 bits per heavy atom. The van der Waals surface area contributed by atoms with E-state index in [1.807, 2.05) is 11.9 Å². The predicted octanol–water partition coefficient (Wildman–Crippen LogP) is 1.48. The molecular weight excluding hydrogens is 228 g/mol. The van der Waals surface area contributed by atoms with Gasteiger partial charge in [-0.05, 0) is 25.8 Å². The normalized spacial score (nSPS) is 17.1. The lowest BCUT2D eigenvalue weighted by atomic mass is 9.94. The van der Waals surface area contributed by atoms with Gasteiger partial charge in [0, 0.05) is 26.2 Å². The first-order chi connectivity index (χ1) is 8.69. The third kappa shape index (κ3) is 4.94. The number of aliphatic hydroxyl groups excluding tert-OH is 1. The van der Waals surface area contributed by atoms with Crippen LogP contribution < -0.4 is 0 Å². The van der Waals surface area contributed by atoms with Gasteiger partial charge < -0.3 is 10.0 Å². The zero-order valence-electron chi connectivity index (χ0n) is 11.9. The molecule has 1 aliphatic carbocycles. The van der Waals surface area contributed by atoms with Crippen LogP contribution in [0.1, 0.15) is 45.4 Å². The molecule has 1 amide bonds. The van der Waals surface area contributed by atoms with E-state index in [4.69, 9.17) is 5.11 Å². The van der Waals surface area contributed by atoms with Gasteiger partial charge in [0.1, 0.15) is 0 Å². The van der Waals surface area contributed by atoms with Crippen molar-refractivity contribution < 1.29 is 9.90 Å². The highest BCUT2D eigenvalue weighted by atomic mass is 16.3. The van der Waals surface area contributed by atoms with E-state index >= 15 is 0 Å². The lowest BCUT2D eigenvalue weighted by Gasteiger charge is -2.32. The van der Waals surface area contributed by atoms with Crippen molar-refractivity contribution in [1.29, 1.82) is 0 Å². The maximum Gasteiger partial charge on any atom is 0.236 e. The summed E-state index contributed by atoms with van der Waals surface area (Å²) in [5.41, 5.74) is 0. The van der Waals surface area contributed by atoms with Gasteiger partial charge in [-0.2, -0.15) is 0 Å². The largest absolute Gasteiger partial charge is 0.396 e. The van der Waals surface area contributed by atoms with Gasteiger partial charge in [-0.3, -0.25) is 9.69 Å². The summed E-state index contributed by atoms with van der Waals surface area (Å²) >= 11 is 0. The van der Waals surface area contributed by atoms with Crippen LogP contribution in [0.4, 0.5) is 0 Å². The van der Waals surface area contributed by atoms with E-state index < -0.39 is 0 Å². The predicted molar refractivity (Wildman–Crippen MR) is 73.5 cm³/mol. The number of hydrogen-bond donors (Lipinski definition) is 1. The Bertz CT molecular complexity index is 240. The first-order valence-electron chi connectivity index (χ1n) is 7.28. The maximum absolute atomic E-state index is 12.2. The van der Waals surface area contributed by atoms with Gasteiger partial charge in [0.25, 0.3) is 0 Å². The molecule has 0 radical (unpaired) electrons. The Hall–Kier alpha value is -0.610. The lowest BCUT2D eigenvalue weighted by molar-refractivity contribution is -0.133. The fourth-order valence-corrected chi connectivity index (χ4v) is 2.62. The summed E-state index contributed by atoms with van der Waals surface area (Å²) in [6.07, 6.45) is 6.88. The fourth-order valence-electron chi connectivity index (χ4n) is 2.62. The Morgan fingerprint density at radius 1 is 1.28 bits per heavy atom. The minimum Gasteiger partial charge on any atom is -0.396 e. The molecule has 1 saturated carbocycles. The Balaban J connectivity index is 2.36. The van der Waals surface area contributed by atoms with Gasteiger partial charge in [-0.25, -0.2) is 0 Å². The number of rotatable bonds is 7. The standard InChI is InChI=1S/C14H28N2O2/c1-3-16(10-7-11-17)12-14(18)15(2)13-8-5-4-6-9-13/h13,17H,3-12H2,1-2H3. The minimum atomic E-state index is 0.198. The number of hydrogen-bond acceptors (Lipinski definition) is 3. The molecule has 4 nitrogen and oxygen atoms in total. The second kappa shape index (κ2) is 8.48. The summed E-state index contributed by atoms with van der Waals surface area (Å²) in [4.78, 5) is 16.3. The number of carbonyl (C=O) groups is 1. The minimum absolute atomic E-state index is 0.198. The summed E-state index contributed by atoms with van der Waals surface area (Å²) in [7, 11) is 1.94. The molecule has 0 spiro atoms. The third-order valence-corrected chi connectivity index (χ3v) is 3.95. The van der Waals surface area contributed by atoms with E-state index in [2.05, 4.69) is 11.8 Å². The third-order valence-electron chi connectivity index (χ3n) is 3.95. The van der Waals surface area contributed by atoms with Crippen molar-refractivity contribution in [2.75, 3.05) is 33.3 Å². The molecule has 1 fully saturated rings. The maximum atomic E-state index is 12.2. The van der Waals surface area contributed by atoms with Gasteiger partial charge in [-0.1, -0.05) is 26.2 Å². The van der Waals surface area contributed by atoms with Crippen LogP contribution in [0.2, 0.25) is 0 Å². The van der Waals surface area contributed by atoms with E-state index in [9.17, 15) is 4.79 Å². The zero-order valence-corrected chi connectivity index (χ0v) is 11.9. The highest BCUT2D eigenvalue weighted by Crippen LogP contribution is 2.21. The number of carbonyl (C=O) groups excluding carboxylic acids is 1. The summed E-state index contributed by atoms with van der Waals surface area (Å²) in [5, 5.41) is 8.84. The molecule has 4 heteroatoms. The highest BCUT2D eigenvalue weighted by Gasteiger charge is 2.22. The molecule has 0 aromatic rings. The van der Waals surface area contributed by atoms with Crippen molar-refractivity contribution in [1.82, 2.24) is 9.80 Å². The Morgan fingerprint density at radius 3 is 2.50 bits per heavy atom. The van der Waals surface area contributed by atoms with Crippen LogP contribution in [0.3, 0.4) is 0 Å². The molecule has 0 aromatic heterocycles. The van der Waals surface area contributed by atoms with E-state index in [0.717, 1.165) is 32.4 Å². The summed E-state index contributed by atoms with van der Waals surface area (Å²) in [5.74, 6) is 0.224. The van der Waals surface area contributed by atoms with Crippen LogP contribution >= 0.6 is 0 Å². The molecular formula is C14H28N2O2. The SMILES string of the molecule is CCN(CCCO)CC(=O)N(C)C1CCCCC1. The van der Waals surface area contributed by atoms with Gasteiger partial charge in [-0.15, -0.1) is 0 Å². The average Bonchev–Trinajstić information content (AvgIpc) is 2.43. The van der Waals surface area contributed by atoms with E-state index in [0.29, 0.717) is 12.6 Å². The molecule has 18 heavy (non-hydrogen) atoms. The molecule has 0 atom stereocenters. The highest BCUT2D eigenvalue weighted by molar-refractivity contribution is 5.78. The second-order valence-corrected chi connectivity index (χ2v) is 5.24. The van der Waals surface area contributed by atoms with Crippen LogP contribution in [0.15, 0.2) is 0 Å². The van der Waals surface area contributed by atoms with Crippen molar-refractivity contribution in [2.24, 2.45) is 0 Å². The molecule has 0 aliphatic heterocycles. The van der Waals surface area contributed by atoms with Gasteiger partial charge in [0.2, 0.25) is 5.91 Å². The smallest absolute Gasteiger partial charge is 0.236 e. The lowest BCUT2D eigenvalue weighted by Crippen LogP contribution is -2.44. The molecule has 0 aromatic carbocycles. The van der Waals surface area contributed by atoms with Crippen LogP contribution in [-0.2, 0) is 4.79 Å². The first-order valence-corrected chi connectivity index (χ1v) is 7.28. The molecule has 1 rings (SSSR count). The van der Waals surface area contributed by atoms with Gasteiger partial charge in [0.15, 0.2) is 0 Å². The Kier molecular flexibility index (Phi) is 7.28. The zero-order chi connectivity index (χ0) is 13.4. The quantitative estimate of drug-likeness (QED) is 0.750. The van der Waals surface area contributed by atoms with Crippen molar-refractivity contribution >= 4 is 5.91 Å². The second-order valence-electron chi connectivity index (χ2n) is 5.24. The van der Waals surface area contributed by atoms with Crippen molar-refractivity contribution in [3.63, 3.8) is 0 Å². The fraction of sp³-hybridized carbons (Fsp3) is 0.929. The molecule has 1 N–H and O–H groups in total. The number of aliphatic hydroxyl groups is 1. The van der Waals surface area contributed by atoms with Crippen molar-refractivity contribution in [3.05, 3.63) is 0 Å². The number of nitrogens with zero attached hydrogens (tertiary/aromatic N) is 2. The first kappa shape index (κ1) is 15.4. The molecule has 106 valence electrons. The molecule has 0 saturated heterocycles. The van der Waals surface area contributed by atoms with E-state index in [1.54, 1.807) is 0 Å². The van der Waals surface area contributed by atoms with Crippen LogP contribution in [-0.4, -0.2) is 60.1 Å². The van der Waals surface area contributed by atoms with Crippen LogP contribution in [0.25, 0.3) is 0 Å². The topological polar surface area (TPSA) is 43.8 Å². The summed E-state index contributed by atoms with van der Waals surface area (Å²) in [6, 6.07) is 0.447. The monoisotopic (exact) mass is 256 g/mol. The van der Waals surface area contributed by atoms with Gasteiger partial charge in [0.05, 0.1) is 6.54 Å². The summed E-state index contributed by atoms with van der Waals surface area (Å²) in [6.45, 7) is 4.42. The Labute approximate surface area is 111 Å². The summed E-state index contributed by atoms with van der Waals surface area (Å²) < 4.78 is 0. The van der Waals surface area contributed by atoms with Crippen molar-refractivity contribution in [2.45, 2.75) is 51.5 Å². The van der Waals surface area contributed by atoms with Crippen molar-refractivity contribution in [3.8, 4) is 0 Å². The van der Waals surface area contributed by atoms with E-state index in [1.165, 1.54) is 19.3 Å². The molecule has 0 heterocycles. The molecule has 0 unspecified atom stereocenters. The van der Waals surface area contributed by atoms with Gasteiger partial charge >= 0.3 is 0 Å². The molecule has 1 aliphatic rings. The average molecular weight is 256 g/mol. The van der Waals surface area contributed by atoms with Crippen LogP contribution in [0.5, 0.6) is 0 Å².